The molecule has 92 valence electrons. The maximum absolute atomic E-state index is 11.3. The molecule has 1 atom stereocenters. The van der Waals surface area contributed by atoms with Gasteiger partial charge in [0.05, 0.1) is 13.5 Å². The quantitative estimate of drug-likeness (QED) is 0.446. The third kappa shape index (κ3) is 4.83. The summed E-state index contributed by atoms with van der Waals surface area (Å²) in [6.45, 7) is 4.48. The summed E-state index contributed by atoms with van der Waals surface area (Å²) in [4.78, 5) is 11.3. The Morgan fingerprint density at radius 2 is 2.18 bits per heavy atom. The third-order valence-electron chi connectivity index (χ3n) is 2.54. The summed E-state index contributed by atoms with van der Waals surface area (Å²) < 4.78 is 4.71. The number of carbonyl (C=O) groups is 1. The first-order chi connectivity index (χ1) is 8.27. The van der Waals surface area contributed by atoms with Gasteiger partial charge >= 0.3 is 5.97 Å². The van der Waals surface area contributed by atoms with Gasteiger partial charge in [-0.15, -0.1) is 6.58 Å². The van der Waals surface area contributed by atoms with Gasteiger partial charge < -0.3 is 10.1 Å². The maximum atomic E-state index is 11.3. The minimum absolute atomic E-state index is 0.00333. The minimum atomic E-state index is -0.204. The van der Waals surface area contributed by atoms with Gasteiger partial charge in [0.1, 0.15) is 0 Å². The smallest absolute Gasteiger partial charge is 0.307 e. The number of esters is 1. The highest BCUT2D eigenvalue weighted by atomic mass is 16.5. The number of nitrogens with one attached hydrogen (secondary N) is 1. The van der Waals surface area contributed by atoms with Crippen LogP contribution in [0, 0.1) is 0 Å². The lowest BCUT2D eigenvalue weighted by atomic mass is 10.0. The van der Waals surface area contributed by atoms with Gasteiger partial charge in [0.25, 0.3) is 0 Å². The van der Waals surface area contributed by atoms with Crippen LogP contribution >= 0.6 is 0 Å². The van der Waals surface area contributed by atoms with Gasteiger partial charge in [-0.3, -0.25) is 4.79 Å². The zero-order valence-corrected chi connectivity index (χ0v) is 10.2. The Morgan fingerprint density at radius 1 is 1.47 bits per heavy atom. The summed E-state index contributed by atoms with van der Waals surface area (Å²) in [6, 6.07) is 9.92. The van der Waals surface area contributed by atoms with Gasteiger partial charge in [0.15, 0.2) is 0 Å². The summed E-state index contributed by atoms with van der Waals surface area (Å²) in [5, 5.41) is 3.33. The fourth-order valence-electron chi connectivity index (χ4n) is 1.60. The normalized spacial score (nSPS) is 11.8. The molecule has 0 saturated carbocycles. The molecule has 0 bridgehead atoms. The molecular weight excluding hydrogens is 214 g/mol. The second-order valence-electron chi connectivity index (χ2n) is 3.78. The van der Waals surface area contributed by atoms with Crippen LogP contribution in [0.25, 0.3) is 0 Å². The van der Waals surface area contributed by atoms with Crippen LogP contribution in [0.1, 0.15) is 24.4 Å². The lowest BCUT2D eigenvalue weighted by molar-refractivity contribution is -0.141. The SMILES string of the molecule is C=CCCNC(CC(=O)OC)c1ccccc1. The molecule has 1 aromatic rings. The topological polar surface area (TPSA) is 38.3 Å². The fourth-order valence-corrected chi connectivity index (χ4v) is 1.60. The Balaban J connectivity index is 2.64. The van der Waals surface area contributed by atoms with Crippen LogP contribution in [0.2, 0.25) is 0 Å². The molecule has 0 heterocycles. The van der Waals surface area contributed by atoms with E-state index in [9.17, 15) is 4.79 Å². The van der Waals surface area contributed by atoms with Crippen molar-refractivity contribution in [3.63, 3.8) is 0 Å². The van der Waals surface area contributed by atoms with Crippen molar-refractivity contribution >= 4 is 5.97 Å². The summed E-state index contributed by atoms with van der Waals surface area (Å²) in [5.74, 6) is -0.204. The van der Waals surface area contributed by atoms with Crippen molar-refractivity contribution < 1.29 is 9.53 Å². The molecule has 0 aromatic heterocycles. The van der Waals surface area contributed by atoms with Crippen LogP contribution in [-0.2, 0) is 9.53 Å². The number of methoxy groups -OCH3 is 1. The Kier molecular flexibility index (Phi) is 6.04. The van der Waals surface area contributed by atoms with E-state index < -0.39 is 0 Å². The summed E-state index contributed by atoms with van der Waals surface area (Å²) in [6.07, 6.45) is 3.08. The molecule has 1 unspecified atom stereocenters. The van der Waals surface area contributed by atoms with Crippen molar-refractivity contribution in [1.29, 1.82) is 0 Å². The lowest BCUT2D eigenvalue weighted by Crippen LogP contribution is -2.25. The largest absolute Gasteiger partial charge is 0.469 e. The molecule has 1 aromatic carbocycles. The van der Waals surface area contributed by atoms with Crippen molar-refractivity contribution in [2.75, 3.05) is 13.7 Å². The Bertz CT molecular complexity index is 348. The number of carbonyl (C=O) groups excluding carboxylic acids is 1. The van der Waals surface area contributed by atoms with Crippen molar-refractivity contribution in [2.24, 2.45) is 0 Å². The van der Waals surface area contributed by atoms with Crippen LogP contribution in [-0.4, -0.2) is 19.6 Å². The van der Waals surface area contributed by atoms with Crippen molar-refractivity contribution in [1.82, 2.24) is 5.32 Å². The molecule has 0 radical (unpaired) electrons. The van der Waals surface area contributed by atoms with Gasteiger partial charge in [0, 0.05) is 6.04 Å². The highest BCUT2D eigenvalue weighted by Crippen LogP contribution is 2.16. The molecular formula is C14H19NO2. The minimum Gasteiger partial charge on any atom is -0.469 e. The van der Waals surface area contributed by atoms with E-state index in [0.29, 0.717) is 6.42 Å². The molecule has 3 heteroatoms. The molecule has 0 amide bonds. The van der Waals surface area contributed by atoms with Gasteiger partial charge in [0.2, 0.25) is 0 Å². The molecule has 0 aliphatic heterocycles. The molecule has 0 saturated heterocycles. The van der Waals surface area contributed by atoms with Gasteiger partial charge in [-0.1, -0.05) is 36.4 Å². The lowest BCUT2D eigenvalue weighted by Gasteiger charge is -2.17. The first-order valence-corrected chi connectivity index (χ1v) is 5.74. The molecule has 3 nitrogen and oxygen atoms in total. The first-order valence-electron chi connectivity index (χ1n) is 5.74. The van der Waals surface area contributed by atoms with Gasteiger partial charge in [-0.25, -0.2) is 0 Å². The molecule has 0 fully saturated rings. The van der Waals surface area contributed by atoms with E-state index in [4.69, 9.17) is 4.74 Å². The molecule has 17 heavy (non-hydrogen) atoms. The Morgan fingerprint density at radius 3 is 2.76 bits per heavy atom. The van der Waals surface area contributed by atoms with Gasteiger partial charge in [-0.05, 0) is 18.5 Å². The zero-order chi connectivity index (χ0) is 12.5. The van der Waals surface area contributed by atoms with E-state index in [1.165, 1.54) is 7.11 Å². The second kappa shape index (κ2) is 7.63. The zero-order valence-electron chi connectivity index (χ0n) is 10.2. The molecule has 0 spiro atoms. The van der Waals surface area contributed by atoms with Crippen LogP contribution in [0.15, 0.2) is 43.0 Å². The van der Waals surface area contributed by atoms with E-state index >= 15 is 0 Å². The van der Waals surface area contributed by atoms with E-state index in [0.717, 1.165) is 18.5 Å². The monoisotopic (exact) mass is 233 g/mol. The standard InChI is InChI=1S/C14H19NO2/c1-3-4-10-15-13(11-14(16)17-2)12-8-6-5-7-9-12/h3,5-9,13,15H,1,4,10-11H2,2H3. The fraction of sp³-hybridized carbons (Fsp3) is 0.357. The summed E-state index contributed by atoms with van der Waals surface area (Å²) in [5.41, 5.74) is 1.10. The number of rotatable bonds is 7. The van der Waals surface area contributed by atoms with Crippen molar-refractivity contribution in [2.45, 2.75) is 18.9 Å². The van der Waals surface area contributed by atoms with E-state index in [-0.39, 0.29) is 12.0 Å². The second-order valence-corrected chi connectivity index (χ2v) is 3.78. The van der Waals surface area contributed by atoms with Crippen LogP contribution in [0.5, 0.6) is 0 Å². The molecule has 1 rings (SSSR count). The molecule has 0 aliphatic carbocycles. The van der Waals surface area contributed by atoms with E-state index in [1.54, 1.807) is 0 Å². The average molecular weight is 233 g/mol. The summed E-state index contributed by atoms with van der Waals surface area (Å²) in [7, 11) is 1.41. The highest BCUT2D eigenvalue weighted by Gasteiger charge is 2.15. The van der Waals surface area contributed by atoms with Crippen LogP contribution < -0.4 is 5.32 Å². The Labute approximate surface area is 102 Å². The molecule has 0 aliphatic rings. The third-order valence-corrected chi connectivity index (χ3v) is 2.54. The highest BCUT2D eigenvalue weighted by molar-refractivity contribution is 5.70. The van der Waals surface area contributed by atoms with E-state index in [2.05, 4.69) is 11.9 Å². The van der Waals surface area contributed by atoms with Gasteiger partial charge in [-0.2, -0.15) is 0 Å². The maximum Gasteiger partial charge on any atom is 0.307 e. The molecule has 1 N–H and O–H groups in total. The van der Waals surface area contributed by atoms with Crippen molar-refractivity contribution in [3.05, 3.63) is 48.6 Å². The van der Waals surface area contributed by atoms with E-state index in [1.807, 2.05) is 36.4 Å². The average Bonchev–Trinajstić information content (AvgIpc) is 2.38. The number of benzene rings is 1. The predicted octanol–water partition coefficient (Wildman–Crippen LogP) is 2.46. The summed E-state index contributed by atoms with van der Waals surface area (Å²) >= 11 is 0. The van der Waals surface area contributed by atoms with Crippen molar-refractivity contribution in [3.8, 4) is 0 Å². The number of ether oxygens (including phenoxy) is 1. The van der Waals surface area contributed by atoms with Crippen LogP contribution in [0.3, 0.4) is 0 Å². The first kappa shape index (κ1) is 13.5. The predicted molar refractivity (Wildman–Crippen MR) is 68.6 cm³/mol. The number of hydrogen-bond donors (Lipinski definition) is 1. The number of hydrogen-bond acceptors (Lipinski definition) is 3. The van der Waals surface area contributed by atoms with Crippen LogP contribution in [0.4, 0.5) is 0 Å². The Hall–Kier alpha value is -1.61.